The van der Waals surface area contributed by atoms with Crippen LogP contribution in [0.3, 0.4) is 0 Å². The first-order valence-corrected chi connectivity index (χ1v) is 9.29. The van der Waals surface area contributed by atoms with Gasteiger partial charge in [0.05, 0.1) is 29.4 Å². The normalized spacial score (nSPS) is 17.7. The molecule has 1 saturated carbocycles. The Morgan fingerprint density at radius 3 is 2.46 bits per heavy atom. The number of hydrogen-bond donors (Lipinski definition) is 0. The third-order valence-electron chi connectivity index (χ3n) is 4.86. The van der Waals surface area contributed by atoms with E-state index in [0.717, 1.165) is 32.1 Å². The summed E-state index contributed by atoms with van der Waals surface area (Å²) in [5.41, 5.74) is 0.952. The maximum absolute atomic E-state index is 12.7. The van der Waals surface area contributed by atoms with Gasteiger partial charge in [0.1, 0.15) is 6.61 Å². The molecule has 1 aliphatic heterocycles. The number of carbonyl (C=O) groups is 3. The Kier molecular flexibility index (Phi) is 5.71. The van der Waals surface area contributed by atoms with Crippen LogP contribution in [-0.4, -0.2) is 48.0 Å². The van der Waals surface area contributed by atoms with Crippen molar-refractivity contribution in [1.82, 2.24) is 4.90 Å². The molecule has 1 aliphatic carbocycles. The van der Waals surface area contributed by atoms with Gasteiger partial charge in [-0.2, -0.15) is 0 Å². The van der Waals surface area contributed by atoms with Crippen LogP contribution < -0.4 is 0 Å². The molecule has 0 saturated heterocycles. The van der Waals surface area contributed by atoms with Crippen LogP contribution in [0.5, 0.6) is 0 Å². The Labute approximate surface area is 153 Å². The molecule has 0 aromatic heterocycles. The van der Waals surface area contributed by atoms with E-state index in [2.05, 4.69) is 0 Å². The number of benzene rings is 1. The van der Waals surface area contributed by atoms with Gasteiger partial charge in [0.25, 0.3) is 11.8 Å². The molecule has 2 amide bonds. The standard InChI is InChI=1S/C20H25NO5/c1-13(2)25-10-11-26-20(24)14-8-9-16-17(12-14)19(23)21(18(16)22)15-6-4-3-5-7-15/h8-9,12-13,15H,3-7,10-11H2,1-2H3. The first-order chi connectivity index (χ1) is 12.5. The van der Waals surface area contributed by atoms with Crippen molar-refractivity contribution in [3.63, 3.8) is 0 Å². The van der Waals surface area contributed by atoms with Gasteiger partial charge >= 0.3 is 5.97 Å². The van der Waals surface area contributed by atoms with Crippen molar-refractivity contribution >= 4 is 17.8 Å². The summed E-state index contributed by atoms with van der Waals surface area (Å²) in [4.78, 5) is 38.9. The van der Waals surface area contributed by atoms with E-state index in [-0.39, 0.29) is 36.1 Å². The van der Waals surface area contributed by atoms with Gasteiger partial charge in [0.15, 0.2) is 0 Å². The minimum atomic E-state index is -0.517. The van der Waals surface area contributed by atoms with Gasteiger partial charge < -0.3 is 9.47 Å². The third-order valence-corrected chi connectivity index (χ3v) is 4.86. The van der Waals surface area contributed by atoms with E-state index in [1.165, 1.54) is 11.0 Å². The average Bonchev–Trinajstić information content (AvgIpc) is 2.89. The Hall–Kier alpha value is -2.21. The molecule has 0 unspecified atom stereocenters. The third kappa shape index (κ3) is 3.80. The predicted molar refractivity (Wildman–Crippen MR) is 95.2 cm³/mol. The van der Waals surface area contributed by atoms with Crippen LogP contribution in [-0.2, 0) is 9.47 Å². The molecule has 1 aromatic carbocycles. The summed E-state index contributed by atoms with van der Waals surface area (Å²) in [7, 11) is 0. The van der Waals surface area contributed by atoms with Crippen molar-refractivity contribution in [3.05, 3.63) is 34.9 Å². The highest BCUT2D eigenvalue weighted by molar-refractivity contribution is 6.22. The molecular formula is C20H25NO5. The number of amides is 2. The molecule has 3 rings (SSSR count). The van der Waals surface area contributed by atoms with Gasteiger partial charge in [-0.1, -0.05) is 19.3 Å². The van der Waals surface area contributed by atoms with Crippen LogP contribution in [0.2, 0.25) is 0 Å². The summed E-state index contributed by atoms with van der Waals surface area (Å²) in [6, 6.07) is 4.55. The number of carbonyl (C=O) groups excluding carboxylic acids is 3. The number of imide groups is 1. The second-order valence-corrected chi connectivity index (χ2v) is 7.09. The lowest BCUT2D eigenvalue weighted by atomic mass is 9.94. The lowest BCUT2D eigenvalue weighted by molar-refractivity contribution is 0.0177. The Morgan fingerprint density at radius 2 is 1.77 bits per heavy atom. The quantitative estimate of drug-likeness (QED) is 0.443. The molecule has 1 fully saturated rings. The molecule has 0 radical (unpaired) electrons. The second-order valence-electron chi connectivity index (χ2n) is 7.09. The van der Waals surface area contributed by atoms with Crippen molar-refractivity contribution in [2.45, 2.75) is 58.1 Å². The average molecular weight is 359 g/mol. The largest absolute Gasteiger partial charge is 0.460 e. The zero-order valence-corrected chi connectivity index (χ0v) is 15.3. The Balaban J connectivity index is 1.69. The van der Waals surface area contributed by atoms with Crippen molar-refractivity contribution in [2.75, 3.05) is 13.2 Å². The zero-order valence-electron chi connectivity index (χ0n) is 15.3. The lowest BCUT2D eigenvalue weighted by Gasteiger charge is -2.29. The van der Waals surface area contributed by atoms with E-state index in [1.807, 2.05) is 13.8 Å². The molecule has 0 spiro atoms. The summed E-state index contributed by atoms with van der Waals surface area (Å²) in [5.74, 6) is -1.06. The number of fused-ring (bicyclic) bond motifs is 1. The minimum absolute atomic E-state index is 0.0280. The van der Waals surface area contributed by atoms with Crippen molar-refractivity contribution in [1.29, 1.82) is 0 Å². The van der Waals surface area contributed by atoms with E-state index in [1.54, 1.807) is 12.1 Å². The predicted octanol–water partition coefficient (Wildman–Crippen LogP) is 3.20. The number of hydrogen-bond acceptors (Lipinski definition) is 5. The number of esters is 1. The topological polar surface area (TPSA) is 72.9 Å². The van der Waals surface area contributed by atoms with Crippen LogP contribution in [0.1, 0.15) is 77.0 Å². The van der Waals surface area contributed by atoms with Crippen molar-refractivity contribution in [3.8, 4) is 0 Å². The summed E-state index contributed by atoms with van der Waals surface area (Å²) in [5, 5.41) is 0. The molecule has 0 bridgehead atoms. The first-order valence-electron chi connectivity index (χ1n) is 9.29. The summed E-state index contributed by atoms with van der Waals surface area (Å²) < 4.78 is 10.5. The Bertz CT molecular complexity index is 706. The van der Waals surface area contributed by atoms with Crippen LogP contribution >= 0.6 is 0 Å². The fraction of sp³-hybridized carbons (Fsp3) is 0.550. The molecule has 1 heterocycles. The lowest BCUT2D eigenvalue weighted by Crippen LogP contribution is -2.40. The van der Waals surface area contributed by atoms with Crippen LogP contribution in [0.25, 0.3) is 0 Å². The van der Waals surface area contributed by atoms with Crippen LogP contribution in [0.15, 0.2) is 18.2 Å². The monoisotopic (exact) mass is 359 g/mol. The highest BCUT2D eigenvalue weighted by Gasteiger charge is 2.40. The van der Waals surface area contributed by atoms with Gasteiger partial charge in [0.2, 0.25) is 0 Å². The van der Waals surface area contributed by atoms with E-state index in [9.17, 15) is 14.4 Å². The highest BCUT2D eigenvalue weighted by atomic mass is 16.6. The van der Waals surface area contributed by atoms with E-state index in [4.69, 9.17) is 9.47 Å². The van der Waals surface area contributed by atoms with Crippen LogP contribution in [0.4, 0.5) is 0 Å². The maximum Gasteiger partial charge on any atom is 0.338 e. The van der Waals surface area contributed by atoms with Crippen LogP contribution in [0, 0.1) is 0 Å². The molecule has 0 atom stereocenters. The van der Waals surface area contributed by atoms with Gasteiger partial charge in [-0.25, -0.2) is 4.79 Å². The summed E-state index contributed by atoms with van der Waals surface area (Å²) in [6.45, 7) is 4.28. The second kappa shape index (κ2) is 7.99. The summed E-state index contributed by atoms with van der Waals surface area (Å²) in [6.07, 6.45) is 5.01. The molecule has 140 valence electrons. The van der Waals surface area contributed by atoms with Gasteiger partial charge in [0, 0.05) is 6.04 Å². The number of ether oxygens (including phenoxy) is 2. The fourth-order valence-electron chi connectivity index (χ4n) is 3.56. The number of nitrogens with zero attached hydrogens (tertiary/aromatic N) is 1. The maximum atomic E-state index is 12.7. The smallest absolute Gasteiger partial charge is 0.338 e. The van der Waals surface area contributed by atoms with Crippen molar-refractivity contribution in [2.24, 2.45) is 0 Å². The molecule has 26 heavy (non-hydrogen) atoms. The molecular weight excluding hydrogens is 334 g/mol. The van der Waals surface area contributed by atoms with E-state index < -0.39 is 5.97 Å². The van der Waals surface area contributed by atoms with Gasteiger partial charge in [-0.15, -0.1) is 0 Å². The number of rotatable bonds is 6. The van der Waals surface area contributed by atoms with Crippen molar-refractivity contribution < 1.29 is 23.9 Å². The molecule has 6 nitrogen and oxygen atoms in total. The zero-order chi connectivity index (χ0) is 18.7. The highest BCUT2D eigenvalue weighted by Crippen LogP contribution is 2.31. The van der Waals surface area contributed by atoms with Gasteiger partial charge in [-0.05, 0) is 44.9 Å². The van der Waals surface area contributed by atoms with Gasteiger partial charge in [-0.3, -0.25) is 14.5 Å². The molecule has 1 aromatic rings. The Morgan fingerprint density at radius 1 is 1.08 bits per heavy atom. The first kappa shape index (κ1) is 18.6. The molecule has 2 aliphatic rings. The molecule has 6 heteroatoms. The molecule has 0 N–H and O–H groups in total. The van der Waals surface area contributed by atoms with E-state index in [0.29, 0.717) is 17.7 Å². The summed E-state index contributed by atoms with van der Waals surface area (Å²) >= 11 is 0. The van der Waals surface area contributed by atoms with E-state index >= 15 is 0 Å². The fourth-order valence-corrected chi connectivity index (χ4v) is 3.56. The SMILES string of the molecule is CC(C)OCCOC(=O)c1ccc2c(c1)C(=O)N(C1CCCCC1)C2=O. The minimum Gasteiger partial charge on any atom is -0.460 e.